The fraction of sp³-hybridized carbons (Fsp3) is 0.182. The number of amides is 2. The van der Waals surface area contributed by atoms with Crippen LogP contribution in [0.3, 0.4) is 0 Å². The van der Waals surface area contributed by atoms with Gasteiger partial charge in [0, 0.05) is 3.57 Å². The molecule has 0 fully saturated rings. The van der Waals surface area contributed by atoms with Gasteiger partial charge in [-0.15, -0.1) is 0 Å². The molecule has 0 aliphatic heterocycles. The Kier molecular flexibility index (Phi) is 5.21. The number of carboxylic acids is 1. The number of hydrogen-bond donors (Lipinski definition) is 3. The Labute approximate surface area is 121 Å². The Morgan fingerprint density at radius 3 is 2.53 bits per heavy atom. The maximum atomic E-state index is 12.9. The smallest absolute Gasteiger partial charge is 0.326 e. The maximum Gasteiger partial charge on any atom is 0.326 e. The minimum Gasteiger partial charge on any atom is -0.480 e. The topological polar surface area (TPSA) is 109 Å². The SMILES string of the molecule is NC(=O)C[C@@H](NC(=O)c1ccc(F)cc1I)C(=O)O. The van der Waals surface area contributed by atoms with Crippen LogP contribution >= 0.6 is 22.6 Å². The number of rotatable bonds is 5. The highest BCUT2D eigenvalue weighted by molar-refractivity contribution is 14.1. The van der Waals surface area contributed by atoms with E-state index in [4.69, 9.17) is 10.8 Å². The molecule has 0 aliphatic rings. The molecule has 1 aromatic carbocycles. The Morgan fingerprint density at radius 2 is 2.05 bits per heavy atom. The molecule has 1 aromatic rings. The molecule has 0 spiro atoms. The van der Waals surface area contributed by atoms with Crippen molar-refractivity contribution in [2.75, 3.05) is 0 Å². The van der Waals surface area contributed by atoms with Crippen molar-refractivity contribution < 1.29 is 23.9 Å². The van der Waals surface area contributed by atoms with E-state index in [9.17, 15) is 18.8 Å². The highest BCUT2D eigenvalue weighted by Gasteiger charge is 2.23. The van der Waals surface area contributed by atoms with Crippen LogP contribution in [0.25, 0.3) is 0 Å². The highest BCUT2D eigenvalue weighted by Crippen LogP contribution is 2.14. The van der Waals surface area contributed by atoms with E-state index in [1.165, 1.54) is 6.07 Å². The molecule has 8 heteroatoms. The average Bonchev–Trinajstić information content (AvgIpc) is 2.26. The summed E-state index contributed by atoms with van der Waals surface area (Å²) in [5.41, 5.74) is 5.01. The summed E-state index contributed by atoms with van der Waals surface area (Å²) in [4.78, 5) is 33.4. The molecule has 4 N–H and O–H groups in total. The van der Waals surface area contributed by atoms with Gasteiger partial charge in [-0.3, -0.25) is 9.59 Å². The van der Waals surface area contributed by atoms with Crippen molar-refractivity contribution in [2.45, 2.75) is 12.5 Å². The number of nitrogens with one attached hydrogen (secondary N) is 1. The molecule has 102 valence electrons. The lowest BCUT2D eigenvalue weighted by atomic mass is 10.1. The summed E-state index contributed by atoms with van der Waals surface area (Å²) in [7, 11) is 0. The normalized spacial score (nSPS) is 11.7. The van der Waals surface area contributed by atoms with Gasteiger partial charge in [-0.2, -0.15) is 0 Å². The summed E-state index contributed by atoms with van der Waals surface area (Å²) < 4.78 is 13.2. The molecule has 0 aromatic heterocycles. The predicted octanol–water partition coefficient (Wildman–Crippen LogP) is 0.489. The van der Waals surface area contributed by atoms with Gasteiger partial charge in [0.05, 0.1) is 12.0 Å². The summed E-state index contributed by atoms with van der Waals surface area (Å²) in [6, 6.07) is 2.04. The van der Waals surface area contributed by atoms with E-state index in [1.54, 1.807) is 22.6 Å². The zero-order valence-electron chi connectivity index (χ0n) is 9.52. The molecular formula is C11H10FIN2O4. The van der Waals surface area contributed by atoms with E-state index in [0.29, 0.717) is 3.57 Å². The first-order chi connectivity index (χ1) is 8.81. The molecule has 1 rings (SSSR count). The first-order valence-electron chi connectivity index (χ1n) is 5.08. The molecule has 0 saturated carbocycles. The summed E-state index contributed by atoms with van der Waals surface area (Å²) >= 11 is 1.75. The van der Waals surface area contributed by atoms with Gasteiger partial charge in [0.15, 0.2) is 0 Å². The van der Waals surface area contributed by atoms with Crippen LogP contribution in [0.15, 0.2) is 18.2 Å². The Morgan fingerprint density at radius 1 is 1.42 bits per heavy atom. The zero-order valence-corrected chi connectivity index (χ0v) is 11.7. The van der Waals surface area contributed by atoms with Gasteiger partial charge in [0.2, 0.25) is 5.91 Å². The number of hydrogen-bond acceptors (Lipinski definition) is 3. The van der Waals surface area contributed by atoms with Crippen LogP contribution in [-0.4, -0.2) is 28.9 Å². The van der Waals surface area contributed by atoms with Crippen molar-refractivity contribution in [2.24, 2.45) is 5.73 Å². The lowest BCUT2D eigenvalue weighted by molar-refractivity contribution is -0.140. The number of primary amides is 1. The molecule has 6 nitrogen and oxygen atoms in total. The number of aliphatic carboxylic acids is 1. The van der Waals surface area contributed by atoms with Crippen LogP contribution in [0.1, 0.15) is 16.8 Å². The largest absolute Gasteiger partial charge is 0.480 e. The standard InChI is InChI=1S/C11H10FIN2O4/c12-5-1-2-6(7(13)3-5)10(17)15-8(11(18)19)4-9(14)16/h1-3,8H,4H2,(H2,14,16)(H,15,17)(H,18,19)/t8-/m1/s1. The molecule has 0 saturated heterocycles. The monoisotopic (exact) mass is 380 g/mol. The lowest BCUT2D eigenvalue weighted by Gasteiger charge is -2.13. The average molecular weight is 380 g/mol. The minimum atomic E-state index is -1.41. The summed E-state index contributed by atoms with van der Waals surface area (Å²) in [5.74, 6) is -3.43. The van der Waals surface area contributed by atoms with Gasteiger partial charge in [0.1, 0.15) is 11.9 Å². The molecule has 0 bridgehead atoms. The predicted molar refractivity (Wildman–Crippen MR) is 71.8 cm³/mol. The van der Waals surface area contributed by atoms with Crippen LogP contribution in [0.5, 0.6) is 0 Å². The van der Waals surface area contributed by atoms with Crippen molar-refractivity contribution in [1.82, 2.24) is 5.32 Å². The van der Waals surface area contributed by atoms with Crippen molar-refractivity contribution in [3.8, 4) is 0 Å². The number of nitrogens with two attached hydrogens (primary N) is 1. The lowest BCUT2D eigenvalue weighted by Crippen LogP contribution is -2.43. The second-order valence-corrected chi connectivity index (χ2v) is 4.82. The van der Waals surface area contributed by atoms with E-state index in [-0.39, 0.29) is 5.56 Å². The van der Waals surface area contributed by atoms with Crippen molar-refractivity contribution in [1.29, 1.82) is 0 Å². The Hall–Kier alpha value is -1.71. The van der Waals surface area contributed by atoms with Gasteiger partial charge < -0.3 is 16.2 Å². The van der Waals surface area contributed by atoms with E-state index < -0.39 is 36.1 Å². The van der Waals surface area contributed by atoms with E-state index >= 15 is 0 Å². The molecule has 1 atom stereocenters. The van der Waals surface area contributed by atoms with Gasteiger partial charge in [0.25, 0.3) is 5.91 Å². The molecule has 0 unspecified atom stereocenters. The van der Waals surface area contributed by atoms with E-state index in [1.807, 2.05) is 0 Å². The first kappa shape index (κ1) is 15.3. The molecule has 2 amide bonds. The number of halogens is 2. The molecule has 0 aliphatic carbocycles. The van der Waals surface area contributed by atoms with Gasteiger partial charge >= 0.3 is 5.97 Å². The third-order valence-corrected chi connectivity index (χ3v) is 3.08. The van der Waals surface area contributed by atoms with Crippen LogP contribution < -0.4 is 11.1 Å². The molecule has 19 heavy (non-hydrogen) atoms. The van der Waals surface area contributed by atoms with Crippen LogP contribution in [0.4, 0.5) is 4.39 Å². The fourth-order valence-corrected chi connectivity index (χ4v) is 2.03. The molecular weight excluding hydrogens is 370 g/mol. The van der Waals surface area contributed by atoms with Gasteiger partial charge in [-0.1, -0.05) is 0 Å². The van der Waals surface area contributed by atoms with Gasteiger partial charge in [-0.05, 0) is 40.8 Å². The number of carbonyl (C=O) groups excluding carboxylic acids is 2. The quantitative estimate of drug-likeness (QED) is 0.646. The summed E-state index contributed by atoms with van der Waals surface area (Å²) in [6.07, 6.45) is -0.515. The third kappa shape index (κ3) is 4.47. The van der Waals surface area contributed by atoms with Crippen molar-refractivity contribution in [3.05, 3.63) is 33.1 Å². The summed E-state index contributed by atoms with van der Waals surface area (Å²) in [5, 5.41) is 11.0. The third-order valence-electron chi connectivity index (χ3n) is 2.18. The van der Waals surface area contributed by atoms with Crippen molar-refractivity contribution in [3.63, 3.8) is 0 Å². The highest BCUT2D eigenvalue weighted by atomic mass is 127. The second-order valence-electron chi connectivity index (χ2n) is 3.66. The van der Waals surface area contributed by atoms with E-state index in [0.717, 1.165) is 12.1 Å². The number of carbonyl (C=O) groups is 3. The fourth-order valence-electron chi connectivity index (χ4n) is 1.31. The number of benzene rings is 1. The second kappa shape index (κ2) is 6.45. The Balaban J connectivity index is 2.87. The van der Waals surface area contributed by atoms with Crippen LogP contribution in [-0.2, 0) is 9.59 Å². The number of carboxylic acid groups (broad SMARTS) is 1. The van der Waals surface area contributed by atoms with Crippen molar-refractivity contribution >= 4 is 40.4 Å². The Bertz CT molecular complexity index is 535. The summed E-state index contributed by atoms with van der Waals surface area (Å²) in [6.45, 7) is 0. The van der Waals surface area contributed by atoms with Crippen LogP contribution in [0, 0.1) is 9.39 Å². The molecule has 0 radical (unpaired) electrons. The van der Waals surface area contributed by atoms with Gasteiger partial charge in [-0.25, -0.2) is 9.18 Å². The van der Waals surface area contributed by atoms with Crippen LogP contribution in [0.2, 0.25) is 0 Å². The zero-order chi connectivity index (χ0) is 14.6. The molecule has 0 heterocycles. The van der Waals surface area contributed by atoms with E-state index in [2.05, 4.69) is 5.32 Å². The first-order valence-corrected chi connectivity index (χ1v) is 6.16. The maximum absolute atomic E-state index is 12.9. The minimum absolute atomic E-state index is 0.123.